The van der Waals surface area contributed by atoms with E-state index >= 15 is 0 Å². The van der Waals surface area contributed by atoms with E-state index in [-0.39, 0.29) is 42.3 Å². The first-order chi connectivity index (χ1) is 9.31. The molecule has 0 aliphatic heterocycles. The van der Waals surface area contributed by atoms with E-state index < -0.39 is 11.6 Å². The van der Waals surface area contributed by atoms with Crippen LogP contribution in [-0.4, -0.2) is 18.0 Å². The highest BCUT2D eigenvalue weighted by molar-refractivity contribution is 5.76. The smallest absolute Gasteiger partial charge is 0.221 e. The second-order valence-corrected chi connectivity index (χ2v) is 5.48. The van der Waals surface area contributed by atoms with E-state index in [0.29, 0.717) is 0 Å². The van der Waals surface area contributed by atoms with Crippen LogP contribution in [0.3, 0.4) is 0 Å². The summed E-state index contributed by atoms with van der Waals surface area (Å²) in [7, 11) is 0. The van der Waals surface area contributed by atoms with Gasteiger partial charge in [-0.15, -0.1) is 0 Å². The van der Waals surface area contributed by atoms with E-state index in [0.717, 1.165) is 0 Å². The molecule has 0 saturated heterocycles. The van der Waals surface area contributed by atoms with Crippen molar-refractivity contribution in [2.45, 2.75) is 45.7 Å². The molecule has 0 saturated carbocycles. The van der Waals surface area contributed by atoms with E-state index in [4.69, 9.17) is 5.73 Å². The van der Waals surface area contributed by atoms with Crippen LogP contribution in [0.4, 0.5) is 8.78 Å². The van der Waals surface area contributed by atoms with Crippen LogP contribution in [0.15, 0.2) is 18.2 Å². The Kier molecular flexibility index (Phi) is 6.07. The zero-order valence-electron chi connectivity index (χ0n) is 12.1. The van der Waals surface area contributed by atoms with Gasteiger partial charge in [-0.25, -0.2) is 8.78 Å². The second kappa shape index (κ2) is 7.33. The molecule has 1 amide bonds. The Morgan fingerprint density at radius 3 is 2.30 bits per heavy atom. The molecule has 3 N–H and O–H groups in total. The van der Waals surface area contributed by atoms with Crippen LogP contribution in [0.1, 0.15) is 32.8 Å². The number of halogens is 2. The number of nitrogens with one attached hydrogen (secondary N) is 1. The second-order valence-electron chi connectivity index (χ2n) is 5.48. The van der Waals surface area contributed by atoms with Crippen molar-refractivity contribution < 1.29 is 13.6 Å². The molecule has 3 nitrogen and oxygen atoms in total. The number of hydrogen-bond donors (Lipinski definition) is 2. The number of carbonyl (C=O) groups excluding carboxylic acids is 1. The molecule has 0 fully saturated rings. The zero-order chi connectivity index (χ0) is 15.3. The van der Waals surface area contributed by atoms with Gasteiger partial charge in [0.1, 0.15) is 11.6 Å². The van der Waals surface area contributed by atoms with Gasteiger partial charge in [-0.3, -0.25) is 4.79 Å². The lowest BCUT2D eigenvalue weighted by Crippen LogP contribution is -2.39. The average molecular weight is 284 g/mol. The van der Waals surface area contributed by atoms with Crippen LogP contribution in [0, 0.1) is 17.6 Å². The van der Waals surface area contributed by atoms with Crippen LogP contribution in [-0.2, 0) is 11.2 Å². The fraction of sp³-hybridized carbons (Fsp3) is 0.533. The molecule has 0 spiro atoms. The highest BCUT2D eigenvalue weighted by Crippen LogP contribution is 2.14. The lowest BCUT2D eigenvalue weighted by molar-refractivity contribution is -0.122. The highest BCUT2D eigenvalue weighted by atomic mass is 19.1. The van der Waals surface area contributed by atoms with Crippen molar-refractivity contribution in [2.75, 3.05) is 0 Å². The zero-order valence-corrected chi connectivity index (χ0v) is 12.1. The summed E-state index contributed by atoms with van der Waals surface area (Å²) in [5, 5.41) is 2.72. The van der Waals surface area contributed by atoms with Gasteiger partial charge in [-0.1, -0.05) is 19.9 Å². The third-order valence-electron chi connectivity index (χ3n) is 3.26. The van der Waals surface area contributed by atoms with Gasteiger partial charge in [0.2, 0.25) is 5.91 Å². The van der Waals surface area contributed by atoms with Crippen LogP contribution in [0.5, 0.6) is 0 Å². The molecular weight excluding hydrogens is 262 g/mol. The van der Waals surface area contributed by atoms with Gasteiger partial charge in [0.15, 0.2) is 0 Å². The molecule has 2 atom stereocenters. The summed E-state index contributed by atoms with van der Waals surface area (Å²) in [6.07, 6.45) is 0.322. The van der Waals surface area contributed by atoms with Crippen molar-refractivity contribution in [1.82, 2.24) is 5.32 Å². The molecule has 0 aromatic heterocycles. The fourth-order valence-electron chi connectivity index (χ4n) is 1.87. The standard InChI is InChI=1S/C15H22F2N2O/c1-9(2)14(18)8-15(20)19-10(3)7-11-12(16)5-4-6-13(11)17/h4-6,9-10,14H,7-8,18H2,1-3H3,(H,19,20). The first-order valence-electron chi connectivity index (χ1n) is 6.79. The molecule has 0 aliphatic carbocycles. The van der Waals surface area contributed by atoms with Crippen LogP contribution in [0.25, 0.3) is 0 Å². The minimum Gasteiger partial charge on any atom is -0.353 e. The average Bonchev–Trinajstić information content (AvgIpc) is 2.33. The molecule has 1 aromatic carbocycles. The van der Waals surface area contributed by atoms with Gasteiger partial charge in [0.25, 0.3) is 0 Å². The van der Waals surface area contributed by atoms with E-state index in [2.05, 4.69) is 5.32 Å². The summed E-state index contributed by atoms with van der Waals surface area (Å²) >= 11 is 0. The first kappa shape index (κ1) is 16.6. The normalized spacial score (nSPS) is 14.2. The number of rotatable bonds is 6. The third-order valence-corrected chi connectivity index (χ3v) is 3.26. The molecular formula is C15H22F2N2O. The number of amides is 1. The van der Waals surface area contributed by atoms with Crippen molar-refractivity contribution >= 4 is 5.91 Å². The van der Waals surface area contributed by atoms with Gasteiger partial charge < -0.3 is 11.1 Å². The topological polar surface area (TPSA) is 55.1 Å². The van der Waals surface area contributed by atoms with Crippen molar-refractivity contribution in [3.63, 3.8) is 0 Å². The lowest BCUT2D eigenvalue weighted by atomic mass is 10.0. The van der Waals surface area contributed by atoms with E-state index in [1.54, 1.807) is 6.92 Å². The monoisotopic (exact) mass is 284 g/mol. The fourth-order valence-corrected chi connectivity index (χ4v) is 1.87. The number of carbonyl (C=O) groups is 1. The van der Waals surface area contributed by atoms with Gasteiger partial charge in [-0.2, -0.15) is 0 Å². The summed E-state index contributed by atoms with van der Waals surface area (Å²) in [5.41, 5.74) is 5.81. The SMILES string of the molecule is CC(Cc1c(F)cccc1F)NC(=O)CC(N)C(C)C. The van der Waals surface area contributed by atoms with E-state index in [1.165, 1.54) is 18.2 Å². The predicted molar refractivity (Wildman–Crippen MR) is 75.1 cm³/mol. The number of nitrogens with two attached hydrogens (primary N) is 1. The molecule has 0 aliphatic rings. The third kappa shape index (κ3) is 4.89. The molecule has 1 rings (SSSR count). The Hall–Kier alpha value is -1.49. The summed E-state index contributed by atoms with van der Waals surface area (Å²) in [5.74, 6) is -1.18. The maximum atomic E-state index is 13.5. The highest BCUT2D eigenvalue weighted by Gasteiger charge is 2.17. The summed E-state index contributed by atoms with van der Waals surface area (Å²) in [6.45, 7) is 5.59. The van der Waals surface area contributed by atoms with Crippen molar-refractivity contribution in [3.8, 4) is 0 Å². The maximum Gasteiger partial charge on any atom is 0.221 e. The van der Waals surface area contributed by atoms with Crippen molar-refractivity contribution in [3.05, 3.63) is 35.4 Å². The Balaban J connectivity index is 2.55. The van der Waals surface area contributed by atoms with Crippen LogP contribution < -0.4 is 11.1 Å². The maximum absolute atomic E-state index is 13.5. The van der Waals surface area contributed by atoms with Gasteiger partial charge in [-0.05, 0) is 31.4 Å². The minimum absolute atomic E-state index is 0.00606. The summed E-state index contributed by atoms with van der Waals surface area (Å²) in [6, 6.07) is 3.17. The Bertz CT molecular complexity index is 443. The van der Waals surface area contributed by atoms with Crippen LogP contribution in [0.2, 0.25) is 0 Å². The molecule has 0 bridgehead atoms. The molecule has 112 valence electrons. The Morgan fingerprint density at radius 1 is 1.25 bits per heavy atom. The summed E-state index contributed by atoms with van der Waals surface area (Å²) in [4.78, 5) is 11.7. The van der Waals surface area contributed by atoms with Crippen LogP contribution >= 0.6 is 0 Å². The molecule has 5 heteroatoms. The Labute approximate surface area is 118 Å². The molecule has 20 heavy (non-hydrogen) atoms. The van der Waals surface area contributed by atoms with E-state index in [9.17, 15) is 13.6 Å². The predicted octanol–water partition coefficient (Wildman–Crippen LogP) is 2.39. The van der Waals surface area contributed by atoms with Crippen molar-refractivity contribution in [2.24, 2.45) is 11.7 Å². The number of benzene rings is 1. The summed E-state index contributed by atoms with van der Waals surface area (Å²) < 4.78 is 27.0. The first-order valence-corrected chi connectivity index (χ1v) is 6.79. The van der Waals surface area contributed by atoms with Gasteiger partial charge in [0.05, 0.1) is 0 Å². The van der Waals surface area contributed by atoms with E-state index in [1.807, 2.05) is 13.8 Å². The lowest BCUT2D eigenvalue weighted by Gasteiger charge is -2.18. The molecule has 0 radical (unpaired) electrons. The van der Waals surface area contributed by atoms with Crippen molar-refractivity contribution in [1.29, 1.82) is 0 Å². The molecule has 0 heterocycles. The van der Waals surface area contributed by atoms with Gasteiger partial charge >= 0.3 is 0 Å². The quantitative estimate of drug-likeness (QED) is 0.842. The molecule has 2 unspecified atom stereocenters. The molecule has 1 aromatic rings. The minimum atomic E-state index is -0.593. The number of hydrogen-bond acceptors (Lipinski definition) is 2. The Morgan fingerprint density at radius 2 is 1.80 bits per heavy atom. The van der Waals surface area contributed by atoms with Gasteiger partial charge in [0, 0.05) is 24.1 Å². The largest absolute Gasteiger partial charge is 0.353 e.